The maximum absolute atomic E-state index is 11.9. The molecule has 0 unspecified atom stereocenters. The summed E-state index contributed by atoms with van der Waals surface area (Å²) in [6.07, 6.45) is 2.48. The highest BCUT2D eigenvalue weighted by molar-refractivity contribution is 6.36. The van der Waals surface area contributed by atoms with Gasteiger partial charge in [-0.25, -0.2) is 9.59 Å². The molecule has 0 aromatic heterocycles. The molecule has 0 spiro atoms. The Hall–Kier alpha value is -1.46. The van der Waals surface area contributed by atoms with Gasteiger partial charge in [0.1, 0.15) is 5.54 Å². The van der Waals surface area contributed by atoms with Crippen LogP contribution < -0.4 is 10.6 Å². The molecule has 2 rings (SSSR count). The number of amides is 2. The molecule has 1 aromatic carbocycles. The number of rotatable bonds is 4. The third-order valence-electron chi connectivity index (χ3n) is 3.71. The molecule has 0 heterocycles. The van der Waals surface area contributed by atoms with Crippen molar-refractivity contribution in [3.63, 3.8) is 0 Å². The van der Waals surface area contributed by atoms with Gasteiger partial charge in [0, 0.05) is 22.2 Å². The molecular formula is C14H16Cl2N2O3. The predicted molar refractivity (Wildman–Crippen MR) is 80.7 cm³/mol. The fraction of sp³-hybridized carbons (Fsp3) is 0.429. The number of carbonyl (C=O) groups is 2. The van der Waals surface area contributed by atoms with Crippen LogP contribution in [-0.4, -0.2) is 22.6 Å². The van der Waals surface area contributed by atoms with Crippen LogP contribution in [0, 0.1) is 0 Å². The van der Waals surface area contributed by atoms with Crippen LogP contribution in [0.3, 0.4) is 0 Å². The molecule has 7 heteroatoms. The number of carbonyl (C=O) groups excluding carboxylic acids is 1. The van der Waals surface area contributed by atoms with E-state index < -0.39 is 17.5 Å². The Morgan fingerprint density at radius 2 is 1.76 bits per heavy atom. The van der Waals surface area contributed by atoms with Crippen molar-refractivity contribution in [3.05, 3.63) is 33.8 Å². The maximum atomic E-state index is 11.9. The summed E-state index contributed by atoms with van der Waals surface area (Å²) in [7, 11) is 0. The molecule has 1 aliphatic carbocycles. The highest BCUT2D eigenvalue weighted by atomic mass is 35.5. The van der Waals surface area contributed by atoms with E-state index in [2.05, 4.69) is 10.6 Å². The first-order valence-corrected chi connectivity index (χ1v) is 7.42. The van der Waals surface area contributed by atoms with Gasteiger partial charge in [0.25, 0.3) is 0 Å². The van der Waals surface area contributed by atoms with Crippen LogP contribution in [0.1, 0.15) is 31.2 Å². The van der Waals surface area contributed by atoms with Gasteiger partial charge >= 0.3 is 12.0 Å². The van der Waals surface area contributed by atoms with E-state index in [1.807, 2.05) is 0 Å². The number of benzene rings is 1. The van der Waals surface area contributed by atoms with Crippen molar-refractivity contribution in [3.8, 4) is 0 Å². The number of aliphatic carboxylic acids is 1. The lowest BCUT2D eigenvalue weighted by Gasteiger charge is -2.25. The first kappa shape index (κ1) is 15.9. The average Bonchev–Trinajstić information content (AvgIpc) is 2.88. The van der Waals surface area contributed by atoms with Crippen LogP contribution in [0.5, 0.6) is 0 Å². The normalized spacial score (nSPS) is 16.5. The summed E-state index contributed by atoms with van der Waals surface area (Å²) < 4.78 is 0. The van der Waals surface area contributed by atoms with Crippen molar-refractivity contribution in [2.75, 3.05) is 0 Å². The Bertz CT molecular complexity index is 537. The maximum Gasteiger partial charge on any atom is 0.329 e. The van der Waals surface area contributed by atoms with Crippen LogP contribution in [0.4, 0.5) is 4.79 Å². The molecule has 3 N–H and O–H groups in total. The third-order valence-corrected chi connectivity index (χ3v) is 4.41. The average molecular weight is 331 g/mol. The van der Waals surface area contributed by atoms with Crippen LogP contribution in [-0.2, 0) is 11.3 Å². The van der Waals surface area contributed by atoms with Gasteiger partial charge < -0.3 is 15.7 Å². The standard InChI is InChI=1S/C14H16Cl2N2O3/c15-10-4-3-5-11(16)9(10)8-17-13(21)18-14(12(19)20)6-1-2-7-14/h3-5H,1-2,6-8H2,(H,19,20)(H2,17,18,21). The van der Waals surface area contributed by atoms with Crippen LogP contribution >= 0.6 is 23.2 Å². The van der Waals surface area contributed by atoms with Gasteiger partial charge in [0.05, 0.1) is 0 Å². The van der Waals surface area contributed by atoms with Gasteiger partial charge in [-0.15, -0.1) is 0 Å². The fourth-order valence-electron chi connectivity index (χ4n) is 2.50. The first-order valence-electron chi connectivity index (χ1n) is 6.67. The predicted octanol–water partition coefficient (Wildman–Crippen LogP) is 3.19. The quantitative estimate of drug-likeness (QED) is 0.793. The number of carboxylic acids is 1. The minimum absolute atomic E-state index is 0.139. The van der Waals surface area contributed by atoms with E-state index in [1.54, 1.807) is 18.2 Å². The van der Waals surface area contributed by atoms with E-state index in [0.717, 1.165) is 12.8 Å². The number of carboxylic acid groups (broad SMARTS) is 1. The Balaban J connectivity index is 1.98. The molecule has 0 atom stereocenters. The zero-order chi connectivity index (χ0) is 15.5. The molecule has 0 bridgehead atoms. The van der Waals surface area contributed by atoms with Crippen molar-refractivity contribution in [1.82, 2.24) is 10.6 Å². The number of hydrogen-bond donors (Lipinski definition) is 3. The minimum atomic E-state index is -1.16. The van der Waals surface area contributed by atoms with Gasteiger partial charge in [-0.05, 0) is 25.0 Å². The molecule has 0 saturated heterocycles. The van der Waals surface area contributed by atoms with Gasteiger partial charge in [-0.3, -0.25) is 0 Å². The molecule has 0 radical (unpaired) electrons. The largest absolute Gasteiger partial charge is 0.480 e. The monoisotopic (exact) mass is 330 g/mol. The summed E-state index contributed by atoms with van der Waals surface area (Å²) in [5, 5.41) is 15.4. The van der Waals surface area contributed by atoms with Crippen LogP contribution in [0.2, 0.25) is 10.0 Å². The Kier molecular flexibility index (Phi) is 4.96. The lowest BCUT2D eigenvalue weighted by Crippen LogP contribution is -2.55. The Labute approximate surface area is 132 Å². The second kappa shape index (κ2) is 6.54. The molecule has 0 aliphatic heterocycles. The van der Waals surface area contributed by atoms with Crippen molar-refractivity contribution >= 4 is 35.2 Å². The van der Waals surface area contributed by atoms with Gasteiger partial charge in [0.15, 0.2) is 0 Å². The van der Waals surface area contributed by atoms with Crippen LogP contribution in [0.25, 0.3) is 0 Å². The fourth-order valence-corrected chi connectivity index (χ4v) is 3.03. The summed E-state index contributed by atoms with van der Waals surface area (Å²) in [6, 6.07) is 4.54. The zero-order valence-electron chi connectivity index (χ0n) is 11.3. The van der Waals surface area contributed by atoms with Crippen molar-refractivity contribution in [1.29, 1.82) is 0 Å². The summed E-state index contributed by atoms with van der Waals surface area (Å²) in [5.74, 6) is -0.995. The number of hydrogen-bond acceptors (Lipinski definition) is 2. The second-order valence-corrected chi connectivity index (χ2v) is 5.92. The zero-order valence-corrected chi connectivity index (χ0v) is 12.8. The van der Waals surface area contributed by atoms with E-state index in [1.165, 1.54) is 0 Å². The summed E-state index contributed by atoms with van der Waals surface area (Å²) in [4.78, 5) is 23.3. The number of urea groups is 1. The molecule has 2 amide bonds. The smallest absolute Gasteiger partial charge is 0.329 e. The van der Waals surface area contributed by atoms with Gasteiger partial charge in [-0.2, -0.15) is 0 Å². The second-order valence-electron chi connectivity index (χ2n) is 5.10. The van der Waals surface area contributed by atoms with E-state index in [9.17, 15) is 14.7 Å². The van der Waals surface area contributed by atoms with E-state index >= 15 is 0 Å². The van der Waals surface area contributed by atoms with Crippen molar-refractivity contribution in [2.24, 2.45) is 0 Å². The third kappa shape index (κ3) is 3.60. The molecule has 5 nitrogen and oxygen atoms in total. The minimum Gasteiger partial charge on any atom is -0.480 e. The lowest BCUT2D eigenvalue weighted by molar-refractivity contribution is -0.144. The van der Waals surface area contributed by atoms with E-state index in [4.69, 9.17) is 23.2 Å². The topological polar surface area (TPSA) is 78.4 Å². The molecule has 1 fully saturated rings. The van der Waals surface area contributed by atoms with Crippen LogP contribution in [0.15, 0.2) is 18.2 Å². The Morgan fingerprint density at radius 3 is 2.29 bits per heavy atom. The first-order chi connectivity index (χ1) is 9.94. The number of halogens is 2. The Morgan fingerprint density at radius 1 is 1.19 bits per heavy atom. The molecular weight excluding hydrogens is 315 g/mol. The summed E-state index contributed by atoms with van der Waals surface area (Å²) >= 11 is 12.0. The van der Waals surface area contributed by atoms with Crippen molar-refractivity contribution in [2.45, 2.75) is 37.8 Å². The van der Waals surface area contributed by atoms with Gasteiger partial charge in [-0.1, -0.05) is 42.1 Å². The summed E-state index contributed by atoms with van der Waals surface area (Å²) in [5.41, 5.74) is -0.555. The van der Waals surface area contributed by atoms with Gasteiger partial charge in [0.2, 0.25) is 0 Å². The van der Waals surface area contributed by atoms with Crippen molar-refractivity contribution < 1.29 is 14.7 Å². The molecule has 114 valence electrons. The highest BCUT2D eigenvalue weighted by Gasteiger charge is 2.42. The molecule has 21 heavy (non-hydrogen) atoms. The molecule has 1 aliphatic rings. The lowest BCUT2D eigenvalue weighted by atomic mass is 9.98. The van der Waals surface area contributed by atoms with E-state index in [-0.39, 0.29) is 6.54 Å². The SMILES string of the molecule is O=C(NCc1c(Cl)cccc1Cl)NC1(C(=O)O)CCCC1. The molecule has 1 saturated carbocycles. The highest BCUT2D eigenvalue weighted by Crippen LogP contribution is 2.30. The summed E-state index contributed by atoms with van der Waals surface area (Å²) in [6.45, 7) is 0.139. The number of nitrogens with one attached hydrogen (secondary N) is 2. The van der Waals surface area contributed by atoms with E-state index in [0.29, 0.717) is 28.5 Å². The molecule has 1 aromatic rings.